The van der Waals surface area contributed by atoms with Crippen molar-refractivity contribution >= 4 is 27.2 Å². The Morgan fingerprint density at radius 3 is 2.95 bits per heavy atom. The molecule has 0 saturated heterocycles. The Labute approximate surface area is 112 Å². The average Bonchev–Trinajstić information content (AvgIpc) is 2.79. The number of fused-ring (bicyclic) bond motifs is 1. The van der Waals surface area contributed by atoms with Crippen molar-refractivity contribution in [3.63, 3.8) is 0 Å². The lowest BCUT2D eigenvalue weighted by Gasteiger charge is -2.08. The lowest BCUT2D eigenvalue weighted by Crippen LogP contribution is -2.18. The zero-order chi connectivity index (χ0) is 13.7. The van der Waals surface area contributed by atoms with E-state index in [0.29, 0.717) is 13.0 Å². The minimum absolute atomic E-state index is 0.0926. The smallest absolute Gasteiger partial charge is 0.385 e. The van der Waals surface area contributed by atoms with E-state index in [2.05, 4.69) is 15.0 Å². The number of alkyl halides is 3. The van der Waals surface area contributed by atoms with E-state index in [4.69, 9.17) is 0 Å². The third-order valence-corrected chi connectivity index (χ3v) is 3.18. The molecule has 0 spiro atoms. The molecule has 2 aromatic rings. The van der Waals surface area contributed by atoms with Gasteiger partial charge in [-0.15, -0.1) is 11.3 Å². The fourth-order valence-electron chi connectivity index (χ4n) is 1.56. The molecule has 1 aromatic carbocycles. The van der Waals surface area contributed by atoms with Gasteiger partial charge in [-0.2, -0.15) is 13.2 Å². The van der Waals surface area contributed by atoms with Gasteiger partial charge in [0.05, 0.1) is 15.7 Å². The van der Waals surface area contributed by atoms with Crippen molar-refractivity contribution in [1.29, 1.82) is 0 Å². The molecule has 0 aliphatic carbocycles. The van der Waals surface area contributed by atoms with Crippen LogP contribution in [-0.2, 0) is 4.74 Å². The fraction of sp³-hybridized carbons (Fsp3) is 0.417. The van der Waals surface area contributed by atoms with Gasteiger partial charge in [-0.3, -0.25) is 0 Å². The Balaban J connectivity index is 1.68. The van der Waals surface area contributed by atoms with Gasteiger partial charge in [-0.25, -0.2) is 4.98 Å². The lowest BCUT2D eigenvalue weighted by molar-refractivity contribution is -0.173. The predicted octanol–water partition coefficient (Wildman–Crippen LogP) is 3.68. The molecular weight excluding hydrogens is 277 g/mol. The Kier molecular flexibility index (Phi) is 4.60. The molecule has 0 amide bonds. The average molecular weight is 290 g/mol. The van der Waals surface area contributed by atoms with Crippen LogP contribution in [0.4, 0.5) is 18.9 Å². The maximum Gasteiger partial charge on any atom is 0.411 e. The van der Waals surface area contributed by atoms with Crippen LogP contribution in [0.5, 0.6) is 0 Å². The van der Waals surface area contributed by atoms with Crippen LogP contribution in [0.25, 0.3) is 10.2 Å². The summed E-state index contributed by atoms with van der Waals surface area (Å²) in [5.41, 5.74) is 3.66. The Morgan fingerprint density at radius 2 is 2.16 bits per heavy atom. The highest BCUT2D eigenvalue weighted by molar-refractivity contribution is 7.16. The minimum atomic E-state index is -4.25. The summed E-state index contributed by atoms with van der Waals surface area (Å²) in [6, 6.07) is 5.79. The fourth-order valence-corrected chi connectivity index (χ4v) is 2.28. The first-order valence-electron chi connectivity index (χ1n) is 5.76. The predicted molar refractivity (Wildman–Crippen MR) is 69.6 cm³/mol. The molecule has 0 radical (unpaired) electrons. The van der Waals surface area contributed by atoms with E-state index in [1.165, 1.54) is 0 Å². The molecule has 1 aromatic heterocycles. The summed E-state index contributed by atoms with van der Waals surface area (Å²) in [6.45, 7) is -0.517. The molecule has 3 nitrogen and oxygen atoms in total. The van der Waals surface area contributed by atoms with Crippen LogP contribution in [0.1, 0.15) is 6.42 Å². The van der Waals surface area contributed by atoms with Gasteiger partial charge in [0.2, 0.25) is 0 Å². The van der Waals surface area contributed by atoms with E-state index in [0.717, 1.165) is 15.9 Å². The minimum Gasteiger partial charge on any atom is -0.385 e. The van der Waals surface area contributed by atoms with Crippen molar-refractivity contribution in [3.05, 3.63) is 23.7 Å². The van der Waals surface area contributed by atoms with Crippen LogP contribution in [0.15, 0.2) is 23.7 Å². The number of benzene rings is 1. The molecule has 104 valence electrons. The normalized spacial score (nSPS) is 11.9. The summed E-state index contributed by atoms with van der Waals surface area (Å²) in [6.07, 6.45) is -3.72. The summed E-state index contributed by atoms with van der Waals surface area (Å²) in [4.78, 5) is 4.17. The van der Waals surface area contributed by atoms with Gasteiger partial charge in [-0.05, 0) is 24.6 Å². The topological polar surface area (TPSA) is 34.1 Å². The largest absolute Gasteiger partial charge is 0.411 e. The number of nitrogens with one attached hydrogen (secondary N) is 1. The summed E-state index contributed by atoms with van der Waals surface area (Å²) in [7, 11) is 0. The third kappa shape index (κ3) is 4.68. The van der Waals surface area contributed by atoms with Crippen LogP contribution < -0.4 is 5.32 Å². The molecule has 1 heterocycles. The van der Waals surface area contributed by atoms with Crippen LogP contribution >= 0.6 is 11.3 Å². The molecule has 0 aliphatic heterocycles. The molecule has 7 heteroatoms. The summed E-state index contributed by atoms with van der Waals surface area (Å²) in [5.74, 6) is 0. The van der Waals surface area contributed by atoms with Crippen LogP contribution in [-0.4, -0.2) is 30.9 Å². The van der Waals surface area contributed by atoms with Gasteiger partial charge in [0.1, 0.15) is 6.61 Å². The summed E-state index contributed by atoms with van der Waals surface area (Å²) in [5, 5.41) is 3.14. The highest BCUT2D eigenvalue weighted by Crippen LogP contribution is 2.21. The number of ether oxygens (including phenoxy) is 1. The maximum absolute atomic E-state index is 11.8. The summed E-state index contributed by atoms with van der Waals surface area (Å²) < 4.78 is 41.0. The quantitative estimate of drug-likeness (QED) is 0.824. The highest BCUT2D eigenvalue weighted by Gasteiger charge is 2.27. The van der Waals surface area contributed by atoms with E-state index in [1.54, 1.807) is 16.8 Å². The lowest BCUT2D eigenvalue weighted by atomic mass is 10.3. The first kappa shape index (κ1) is 14.1. The number of hydrogen-bond acceptors (Lipinski definition) is 4. The molecule has 19 heavy (non-hydrogen) atoms. The van der Waals surface area contributed by atoms with Crippen LogP contribution in [0, 0.1) is 0 Å². The van der Waals surface area contributed by atoms with E-state index < -0.39 is 12.8 Å². The number of hydrogen-bond donors (Lipinski definition) is 1. The van der Waals surface area contributed by atoms with Crippen LogP contribution in [0.2, 0.25) is 0 Å². The van der Waals surface area contributed by atoms with E-state index in [1.807, 2.05) is 18.2 Å². The van der Waals surface area contributed by atoms with Gasteiger partial charge < -0.3 is 10.1 Å². The number of aromatic nitrogens is 1. The Bertz CT molecular complexity index is 527. The Hall–Kier alpha value is -1.34. The van der Waals surface area contributed by atoms with Crippen molar-refractivity contribution in [2.75, 3.05) is 25.1 Å². The number of halogens is 3. The third-order valence-electron chi connectivity index (χ3n) is 2.39. The van der Waals surface area contributed by atoms with Gasteiger partial charge >= 0.3 is 6.18 Å². The van der Waals surface area contributed by atoms with Crippen molar-refractivity contribution < 1.29 is 17.9 Å². The van der Waals surface area contributed by atoms with Crippen LogP contribution in [0.3, 0.4) is 0 Å². The van der Waals surface area contributed by atoms with Gasteiger partial charge in [0.25, 0.3) is 0 Å². The molecule has 0 saturated carbocycles. The van der Waals surface area contributed by atoms with Gasteiger partial charge in [-0.1, -0.05) is 0 Å². The molecule has 0 atom stereocenters. The molecular formula is C12H13F3N2OS. The van der Waals surface area contributed by atoms with Crippen molar-refractivity contribution in [2.45, 2.75) is 12.6 Å². The second-order valence-corrected chi connectivity index (χ2v) is 4.87. The Morgan fingerprint density at radius 1 is 1.32 bits per heavy atom. The maximum atomic E-state index is 11.8. The van der Waals surface area contributed by atoms with Gasteiger partial charge in [0, 0.05) is 18.8 Å². The van der Waals surface area contributed by atoms with E-state index >= 15 is 0 Å². The highest BCUT2D eigenvalue weighted by atomic mass is 32.1. The second kappa shape index (κ2) is 6.21. The zero-order valence-electron chi connectivity index (χ0n) is 10.0. The zero-order valence-corrected chi connectivity index (χ0v) is 10.9. The van der Waals surface area contributed by atoms with E-state index in [9.17, 15) is 13.2 Å². The summed E-state index contributed by atoms with van der Waals surface area (Å²) >= 11 is 1.55. The number of rotatable bonds is 6. The number of thiazole rings is 1. The van der Waals surface area contributed by atoms with Crippen molar-refractivity contribution in [2.24, 2.45) is 0 Å². The van der Waals surface area contributed by atoms with Crippen molar-refractivity contribution in [1.82, 2.24) is 4.98 Å². The molecule has 2 rings (SSSR count). The molecule has 0 unspecified atom stereocenters. The SMILES string of the molecule is FC(F)(F)COCCCNc1ccc2ncsc2c1. The molecule has 0 fully saturated rings. The molecule has 0 aliphatic rings. The second-order valence-electron chi connectivity index (χ2n) is 3.98. The number of anilines is 1. The van der Waals surface area contributed by atoms with Gasteiger partial charge in [0.15, 0.2) is 0 Å². The number of nitrogens with zero attached hydrogens (tertiary/aromatic N) is 1. The van der Waals surface area contributed by atoms with Crippen molar-refractivity contribution in [3.8, 4) is 0 Å². The first-order valence-corrected chi connectivity index (χ1v) is 6.64. The first-order chi connectivity index (χ1) is 9.04. The molecule has 1 N–H and O–H groups in total. The monoisotopic (exact) mass is 290 g/mol. The van der Waals surface area contributed by atoms with E-state index in [-0.39, 0.29) is 6.61 Å². The standard InChI is InChI=1S/C12H13F3N2OS/c13-12(14,15)7-18-5-1-4-16-9-2-3-10-11(6-9)19-8-17-10/h2-3,6,8,16H,1,4-5,7H2. The molecule has 0 bridgehead atoms.